The normalized spacial score (nSPS) is 11.7. The zero-order chi connectivity index (χ0) is 18.4. The molecular formula is C20H24FNO3. The first-order valence-electron chi connectivity index (χ1n) is 8.18. The van der Waals surface area contributed by atoms with Gasteiger partial charge in [0.2, 0.25) is 5.91 Å². The van der Waals surface area contributed by atoms with E-state index < -0.39 is 0 Å². The van der Waals surface area contributed by atoms with Crippen molar-refractivity contribution in [2.45, 2.75) is 25.8 Å². The smallest absolute Gasteiger partial charge is 0.223 e. The molecule has 5 heteroatoms. The Kier molecular flexibility index (Phi) is 6.39. The van der Waals surface area contributed by atoms with Crippen LogP contribution < -0.4 is 9.47 Å². The molecule has 0 saturated carbocycles. The van der Waals surface area contributed by atoms with Crippen LogP contribution in [0.15, 0.2) is 42.5 Å². The Bertz CT molecular complexity index is 715. The van der Waals surface area contributed by atoms with Gasteiger partial charge in [0.25, 0.3) is 0 Å². The lowest BCUT2D eigenvalue weighted by molar-refractivity contribution is -0.131. The third kappa shape index (κ3) is 4.72. The van der Waals surface area contributed by atoms with Crippen LogP contribution in [-0.2, 0) is 11.2 Å². The van der Waals surface area contributed by atoms with Gasteiger partial charge in [-0.1, -0.05) is 12.1 Å². The molecule has 4 nitrogen and oxygen atoms in total. The van der Waals surface area contributed by atoms with Crippen molar-refractivity contribution in [1.82, 2.24) is 4.90 Å². The van der Waals surface area contributed by atoms with Crippen LogP contribution >= 0.6 is 0 Å². The number of ether oxygens (including phenoxy) is 2. The number of aryl methyl sites for hydroxylation is 1. The molecule has 0 aliphatic rings. The van der Waals surface area contributed by atoms with Crippen LogP contribution in [0.25, 0.3) is 0 Å². The van der Waals surface area contributed by atoms with Crippen molar-refractivity contribution >= 4 is 5.91 Å². The molecule has 25 heavy (non-hydrogen) atoms. The van der Waals surface area contributed by atoms with Crippen LogP contribution in [0.3, 0.4) is 0 Å². The molecule has 1 atom stereocenters. The molecule has 0 aromatic heterocycles. The summed E-state index contributed by atoms with van der Waals surface area (Å²) in [6, 6.07) is 11.6. The lowest BCUT2D eigenvalue weighted by Gasteiger charge is -2.25. The molecule has 0 heterocycles. The van der Waals surface area contributed by atoms with Gasteiger partial charge in [0, 0.05) is 13.5 Å². The predicted octanol–water partition coefficient (Wildman–Crippen LogP) is 4.00. The molecule has 0 aliphatic heterocycles. The summed E-state index contributed by atoms with van der Waals surface area (Å²) in [6.45, 7) is 1.93. The molecule has 1 unspecified atom stereocenters. The second-order valence-electron chi connectivity index (χ2n) is 5.91. The first-order chi connectivity index (χ1) is 12.0. The van der Waals surface area contributed by atoms with Crippen LogP contribution in [0, 0.1) is 5.82 Å². The van der Waals surface area contributed by atoms with Gasteiger partial charge in [0.15, 0.2) is 0 Å². The van der Waals surface area contributed by atoms with Crippen molar-refractivity contribution in [3.63, 3.8) is 0 Å². The first-order valence-corrected chi connectivity index (χ1v) is 8.18. The highest BCUT2D eigenvalue weighted by Gasteiger charge is 2.18. The molecule has 0 radical (unpaired) electrons. The zero-order valence-corrected chi connectivity index (χ0v) is 15.1. The van der Waals surface area contributed by atoms with Gasteiger partial charge in [0.05, 0.1) is 20.3 Å². The van der Waals surface area contributed by atoms with E-state index in [0.717, 1.165) is 22.6 Å². The summed E-state index contributed by atoms with van der Waals surface area (Å²) >= 11 is 0. The van der Waals surface area contributed by atoms with E-state index in [1.54, 1.807) is 38.3 Å². The molecule has 134 valence electrons. The van der Waals surface area contributed by atoms with E-state index in [0.29, 0.717) is 12.8 Å². The number of hydrogen-bond acceptors (Lipinski definition) is 3. The molecule has 0 fully saturated rings. The second-order valence-corrected chi connectivity index (χ2v) is 5.91. The highest BCUT2D eigenvalue weighted by atomic mass is 19.1. The topological polar surface area (TPSA) is 38.8 Å². The van der Waals surface area contributed by atoms with Crippen LogP contribution in [0.5, 0.6) is 11.5 Å². The highest BCUT2D eigenvalue weighted by molar-refractivity contribution is 5.76. The van der Waals surface area contributed by atoms with Gasteiger partial charge >= 0.3 is 0 Å². The maximum atomic E-state index is 13.0. The van der Waals surface area contributed by atoms with Crippen LogP contribution in [0.4, 0.5) is 4.39 Å². The first kappa shape index (κ1) is 18.8. The number of nitrogens with zero attached hydrogens (tertiary/aromatic N) is 1. The van der Waals surface area contributed by atoms with E-state index in [1.165, 1.54) is 12.1 Å². The number of hydrogen-bond donors (Lipinski definition) is 0. The molecule has 0 aliphatic carbocycles. The number of methoxy groups -OCH3 is 2. The van der Waals surface area contributed by atoms with Crippen molar-refractivity contribution in [1.29, 1.82) is 0 Å². The molecule has 0 saturated heterocycles. The molecule has 2 aromatic rings. The Labute approximate surface area is 148 Å². The number of halogens is 1. The fourth-order valence-electron chi connectivity index (χ4n) is 2.68. The second kappa shape index (κ2) is 8.51. The monoisotopic (exact) mass is 345 g/mol. The fraction of sp³-hybridized carbons (Fsp3) is 0.350. The number of carbonyl (C=O) groups is 1. The molecular weight excluding hydrogens is 321 g/mol. The van der Waals surface area contributed by atoms with E-state index in [-0.39, 0.29) is 17.8 Å². The molecule has 2 aromatic carbocycles. The molecule has 0 bridgehead atoms. The van der Waals surface area contributed by atoms with Gasteiger partial charge in [-0.3, -0.25) is 4.79 Å². The summed E-state index contributed by atoms with van der Waals surface area (Å²) in [4.78, 5) is 14.2. The average molecular weight is 345 g/mol. The largest absolute Gasteiger partial charge is 0.497 e. The number of benzene rings is 2. The minimum atomic E-state index is -0.282. The quantitative estimate of drug-likeness (QED) is 0.761. The molecule has 1 amide bonds. The van der Waals surface area contributed by atoms with Crippen LogP contribution in [0.2, 0.25) is 0 Å². The Morgan fingerprint density at radius 2 is 1.80 bits per heavy atom. The Balaban J connectivity index is 2.03. The predicted molar refractivity (Wildman–Crippen MR) is 95.5 cm³/mol. The summed E-state index contributed by atoms with van der Waals surface area (Å²) in [5.74, 6) is 1.20. The molecule has 2 rings (SSSR count). The Hall–Kier alpha value is -2.56. The highest BCUT2D eigenvalue weighted by Crippen LogP contribution is 2.26. The van der Waals surface area contributed by atoms with Crippen LogP contribution in [0.1, 0.15) is 30.5 Å². The van der Waals surface area contributed by atoms with E-state index in [1.807, 2.05) is 25.1 Å². The van der Waals surface area contributed by atoms with Gasteiger partial charge in [0.1, 0.15) is 17.3 Å². The van der Waals surface area contributed by atoms with Crippen molar-refractivity contribution < 1.29 is 18.7 Å². The Morgan fingerprint density at radius 3 is 2.40 bits per heavy atom. The van der Waals surface area contributed by atoms with Crippen molar-refractivity contribution in [2.75, 3.05) is 21.3 Å². The standard InChI is InChI=1S/C20H24FNO3/c1-14(15-5-8-17(21)9-6-15)22(2)20(23)12-7-16-13-18(24-3)10-11-19(16)25-4/h5-6,8-11,13-14H,7,12H2,1-4H3. The zero-order valence-electron chi connectivity index (χ0n) is 15.1. The number of amides is 1. The Morgan fingerprint density at radius 1 is 1.12 bits per heavy atom. The van der Waals surface area contributed by atoms with Gasteiger partial charge < -0.3 is 14.4 Å². The maximum Gasteiger partial charge on any atom is 0.223 e. The summed E-state index contributed by atoms with van der Waals surface area (Å²) < 4.78 is 23.6. The van der Waals surface area contributed by atoms with Crippen molar-refractivity contribution in [3.8, 4) is 11.5 Å². The van der Waals surface area contributed by atoms with E-state index in [2.05, 4.69) is 0 Å². The molecule has 0 N–H and O–H groups in total. The third-order valence-electron chi connectivity index (χ3n) is 4.42. The van der Waals surface area contributed by atoms with Gasteiger partial charge in [-0.15, -0.1) is 0 Å². The SMILES string of the molecule is COc1ccc(OC)c(CCC(=O)N(C)C(C)c2ccc(F)cc2)c1. The van der Waals surface area contributed by atoms with E-state index in [9.17, 15) is 9.18 Å². The van der Waals surface area contributed by atoms with Crippen molar-refractivity contribution in [2.24, 2.45) is 0 Å². The number of rotatable bonds is 7. The van der Waals surface area contributed by atoms with Gasteiger partial charge in [-0.25, -0.2) is 4.39 Å². The molecule has 0 spiro atoms. The minimum Gasteiger partial charge on any atom is -0.497 e. The van der Waals surface area contributed by atoms with E-state index >= 15 is 0 Å². The summed E-state index contributed by atoms with van der Waals surface area (Å²) in [5, 5.41) is 0. The van der Waals surface area contributed by atoms with E-state index in [4.69, 9.17) is 9.47 Å². The van der Waals surface area contributed by atoms with Crippen LogP contribution in [-0.4, -0.2) is 32.1 Å². The van der Waals surface area contributed by atoms with Crippen molar-refractivity contribution in [3.05, 3.63) is 59.4 Å². The summed E-state index contributed by atoms with van der Waals surface area (Å²) in [6.07, 6.45) is 0.908. The summed E-state index contributed by atoms with van der Waals surface area (Å²) in [5.41, 5.74) is 1.83. The van der Waals surface area contributed by atoms with Gasteiger partial charge in [-0.2, -0.15) is 0 Å². The fourth-order valence-corrected chi connectivity index (χ4v) is 2.68. The lowest BCUT2D eigenvalue weighted by atomic mass is 10.0. The minimum absolute atomic E-state index is 0.0155. The number of carbonyl (C=O) groups excluding carboxylic acids is 1. The average Bonchev–Trinajstić information content (AvgIpc) is 2.65. The maximum absolute atomic E-state index is 13.0. The third-order valence-corrected chi connectivity index (χ3v) is 4.42. The lowest BCUT2D eigenvalue weighted by Crippen LogP contribution is -2.29. The summed E-state index contributed by atoms with van der Waals surface area (Å²) in [7, 11) is 4.98. The van der Waals surface area contributed by atoms with Gasteiger partial charge in [-0.05, 0) is 54.8 Å².